The predicted molar refractivity (Wildman–Crippen MR) is 83.4 cm³/mol. The summed E-state index contributed by atoms with van der Waals surface area (Å²) in [5.74, 6) is 1.46. The van der Waals surface area contributed by atoms with E-state index in [1.165, 1.54) is 0 Å². The van der Waals surface area contributed by atoms with Crippen LogP contribution < -0.4 is 4.74 Å². The molecule has 6 heteroatoms. The first kappa shape index (κ1) is 14.9. The van der Waals surface area contributed by atoms with Crippen molar-refractivity contribution in [2.24, 2.45) is 0 Å². The lowest BCUT2D eigenvalue weighted by molar-refractivity contribution is -0.385. The van der Waals surface area contributed by atoms with E-state index in [1.807, 2.05) is 30.3 Å². The van der Waals surface area contributed by atoms with Crippen LogP contribution in [-0.4, -0.2) is 12.0 Å². The monoisotopic (exact) mass is 353 g/mol. The van der Waals surface area contributed by atoms with Crippen LogP contribution in [0, 0.1) is 10.1 Å². The summed E-state index contributed by atoms with van der Waals surface area (Å²) in [4.78, 5) is 11.5. The van der Waals surface area contributed by atoms with E-state index in [-0.39, 0.29) is 10.6 Å². The van der Waals surface area contributed by atoms with Gasteiger partial charge in [0.15, 0.2) is 0 Å². The number of halogens is 1. The number of para-hydroxylation sites is 1. The van der Waals surface area contributed by atoms with Crippen LogP contribution in [-0.2, 0) is 5.75 Å². The summed E-state index contributed by atoms with van der Waals surface area (Å²) in [6.45, 7) is 0. The molecule has 0 N–H and O–H groups in total. The van der Waals surface area contributed by atoms with Crippen LogP contribution in [0.1, 0.15) is 5.56 Å². The third kappa shape index (κ3) is 3.52. The van der Waals surface area contributed by atoms with Crippen molar-refractivity contribution in [1.29, 1.82) is 0 Å². The van der Waals surface area contributed by atoms with Crippen molar-refractivity contribution in [3.8, 4) is 5.75 Å². The van der Waals surface area contributed by atoms with E-state index in [2.05, 4.69) is 15.9 Å². The molecule has 20 heavy (non-hydrogen) atoms. The molecule has 0 radical (unpaired) electrons. The molecule has 0 aromatic heterocycles. The fourth-order valence-electron chi connectivity index (χ4n) is 1.69. The molecule has 4 nitrogen and oxygen atoms in total. The van der Waals surface area contributed by atoms with Crippen molar-refractivity contribution in [1.82, 2.24) is 0 Å². The molecule has 0 amide bonds. The van der Waals surface area contributed by atoms with Crippen molar-refractivity contribution in [2.75, 3.05) is 7.11 Å². The molecule has 0 fully saturated rings. The summed E-state index contributed by atoms with van der Waals surface area (Å²) in [7, 11) is 1.63. The quantitative estimate of drug-likeness (QED) is 0.445. The number of nitrogens with zero attached hydrogens (tertiary/aromatic N) is 1. The first-order valence-corrected chi connectivity index (χ1v) is 7.58. The summed E-state index contributed by atoms with van der Waals surface area (Å²) in [6.07, 6.45) is 0. The molecule has 0 saturated heterocycles. The summed E-state index contributed by atoms with van der Waals surface area (Å²) < 4.78 is 5.77. The van der Waals surface area contributed by atoms with Crippen LogP contribution in [0.25, 0.3) is 0 Å². The third-order valence-electron chi connectivity index (χ3n) is 2.67. The van der Waals surface area contributed by atoms with Crippen LogP contribution in [0.4, 0.5) is 5.69 Å². The normalized spacial score (nSPS) is 10.3. The van der Waals surface area contributed by atoms with Crippen LogP contribution >= 0.6 is 27.7 Å². The molecule has 0 heterocycles. The number of methoxy groups -OCH3 is 1. The lowest BCUT2D eigenvalue weighted by Gasteiger charge is -2.07. The molecule has 2 aromatic carbocycles. The van der Waals surface area contributed by atoms with Crippen molar-refractivity contribution in [3.05, 3.63) is 62.6 Å². The highest BCUT2D eigenvalue weighted by Gasteiger charge is 2.12. The molecule has 0 bridgehead atoms. The average Bonchev–Trinajstić information content (AvgIpc) is 2.46. The summed E-state index contributed by atoms with van der Waals surface area (Å²) in [5, 5.41) is 10.9. The molecule has 2 rings (SSSR count). The Morgan fingerprint density at radius 1 is 1.30 bits per heavy atom. The summed E-state index contributed by atoms with van der Waals surface area (Å²) in [5.41, 5.74) is 0.985. The molecule has 0 aliphatic heterocycles. The van der Waals surface area contributed by atoms with Gasteiger partial charge in [-0.15, -0.1) is 11.8 Å². The Labute approximate surface area is 129 Å². The number of hydrogen-bond acceptors (Lipinski definition) is 4. The Bertz CT molecular complexity index is 634. The van der Waals surface area contributed by atoms with E-state index >= 15 is 0 Å². The maximum Gasteiger partial charge on any atom is 0.283 e. The maximum absolute atomic E-state index is 10.9. The van der Waals surface area contributed by atoms with Crippen LogP contribution in [0.5, 0.6) is 5.75 Å². The van der Waals surface area contributed by atoms with Gasteiger partial charge in [0.2, 0.25) is 0 Å². The molecule has 2 aromatic rings. The van der Waals surface area contributed by atoms with Crippen molar-refractivity contribution in [2.45, 2.75) is 10.6 Å². The van der Waals surface area contributed by atoms with Gasteiger partial charge in [-0.25, -0.2) is 0 Å². The highest BCUT2D eigenvalue weighted by atomic mass is 79.9. The van der Waals surface area contributed by atoms with Gasteiger partial charge in [0.1, 0.15) is 5.75 Å². The second-order valence-corrected chi connectivity index (χ2v) is 5.85. The molecule has 0 unspecified atom stereocenters. The van der Waals surface area contributed by atoms with Gasteiger partial charge < -0.3 is 4.74 Å². The maximum atomic E-state index is 10.9. The first-order valence-electron chi connectivity index (χ1n) is 5.80. The summed E-state index contributed by atoms with van der Waals surface area (Å²) in [6, 6.07) is 12.9. The number of nitro benzene ring substituents is 1. The predicted octanol–water partition coefficient (Wildman–Crippen LogP) is 4.66. The fourth-order valence-corrected chi connectivity index (χ4v) is 3.05. The molecule has 0 atom stereocenters. The van der Waals surface area contributed by atoms with Gasteiger partial charge in [-0.1, -0.05) is 18.2 Å². The zero-order valence-corrected chi connectivity index (χ0v) is 13.1. The molecular formula is C14H12BrNO3S. The van der Waals surface area contributed by atoms with Gasteiger partial charge >= 0.3 is 0 Å². The van der Waals surface area contributed by atoms with E-state index in [1.54, 1.807) is 31.0 Å². The van der Waals surface area contributed by atoms with Crippen LogP contribution in [0.3, 0.4) is 0 Å². The molecular weight excluding hydrogens is 342 g/mol. The first-order chi connectivity index (χ1) is 9.61. The second kappa shape index (κ2) is 6.76. The molecule has 0 aliphatic rings. The number of benzene rings is 2. The molecule has 104 valence electrons. The van der Waals surface area contributed by atoms with Crippen LogP contribution in [0.2, 0.25) is 0 Å². The minimum Gasteiger partial charge on any atom is -0.496 e. The number of hydrogen-bond donors (Lipinski definition) is 0. The number of thioether (sulfide) groups is 1. The second-order valence-electron chi connectivity index (χ2n) is 3.98. The topological polar surface area (TPSA) is 52.4 Å². The Morgan fingerprint density at radius 2 is 2.05 bits per heavy atom. The minimum absolute atomic E-state index is 0.0862. The van der Waals surface area contributed by atoms with Crippen molar-refractivity contribution >= 4 is 33.4 Å². The highest BCUT2D eigenvalue weighted by molar-refractivity contribution is 9.10. The third-order valence-corrected chi connectivity index (χ3v) is 4.47. The smallest absolute Gasteiger partial charge is 0.283 e. The van der Waals surface area contributed by atoms with Gasteiger partial charge in [-0.3, -0.25) is 10.1 Å². The molecule has 0 aliphatic carbocycles. The van der Waals surface area contributed by atoms with Gasteiger partial charge in [0, 0.05) is 16.7 Å². The summed E-state index contributed by atoms with van der Waals surface area (Å²) >= 11 is 4.77. The van der Waals surface area contributed by atoms with Gasteiger partial charge in [0.25, 0.3) is 5.69 Å². The molecule has 0 spiro atoms. The van der Waals surface area contributed by atoms with Gasteiger partial charge in [-0.2, -0.15) is 0 Å². The SMILES string of the molecule is COc1ccccc1SCc1ccc(Br)c([N+](=O)[O-])c1. The van der Waals surface area contributed by atoms with E-state index in [9.17, 15) is 10.1 Å². The Balaban J connectivity index is 2.15. The lowest BCUT2D eigenvalue weighted by atomic mass is 10.2. The number of rotatable bonds is 5. The Kier molecular flexibility index (Phi) is 5.03. The standard InChI is InChI=1S/C14H12BrNO3S/c1-19-13-4-2-3-5-14(13)20-9-10-6-7-11(15)12(8-10)16(17)18/h2-8H,9H2,1H3. The minimum atomic E-state index is -0.388. The Morgan fingerprint density at radius 3 is 2.75 bits per heavy atom. The van der Waals surface area contributed by atoms with Gasteiger partial charge in [-0.05, 0) is 39.7 Å². The van der Waals surface area contributed by atoms with E-state index in [0.29, 0.717) is 10.2 Å². The van der Waals surface area contributed by atoms with Crippen molar-refractivity contribution in [3.63, 3.8) is 0 Å². The van der Waals surface area contributed by atoms with Crippen LogP contribution in [0.15, 0.2) is 51.8 Å². The number of ether oxygens (including phenoxy) is 1. The number of nitro groups is 1. The Hall–Kier alpha value is -1.53. The van der Waals surface area contributed by atoms with E-state index in [4.69, 9.17) is 4.74 Å². The fraction of sp³-hybridized carbons (Fsp3) is 0.143. The van der Waals surface area contributed by atoms with E-state index < -0.39 is 0 Å². The van der Waals surface area contributed by atoms with Crippen molar-refractivity contribution < 1.29 is 9.66 Å². The zero-order chi connectivity index (χ0) is 14.5. The average molecular weight is 354 g/mol. The van der Waals surface area contributed by atoms with E-state index in [0.717, 1.165) is 16.2 Å². The largest absolute Gasteiger partial charge is 0.496 e. The highest BCUT2D eigenvalue weighted by Crippen LogP contribution is 2.33. The molecule has 0 saturated carbocycles. The lowest BCUT2D eigenvalue weighted by Crippen LogP contribution is -1.92. The zero-order valence-electron chi connectivity index (χ0n) is 10.7. The van der Waals surface area contributed by atoms with Gasteiger partial charge in [0.05, 0.1) is 16.5 Å².